The Morgan fingerprint density at radius 3 is 2.57 bits per heavy atom. The first-order valence-electron chi connectivity index (χ1n) is 10.7. The van der Waals surface area contributed by atoms with Crippen LogP contribution in [0.3, 0.4) is 0 Å². The first-order chi connectivity index (χ1) is 14.6. The number of ketones is 1. The van der Waals surface area contributed by atoms with Crippen molar-refractivity contribution in [3.8, 4) is 0 Å². The lowest BCUT2D eigenvalue weighted by Gasteiger charge is -2.30. The van der Waals surface area contributed by atoms with Gasteiger partial charge in [0.15, 0.2) is 5.60 Å². The fourth-order valence-corrected chi connectivity index (χ4v) is 5.16. The molecule has 1 amide bonds. The van der Waals surface area contributed by atoms with Crippen molar-refractivity contribution in [2.24, 2.45) is 5.92 Å². The van der Waals surface area contributed by atoms with E-state index in [9.17, 15) is 14.7 Å². The molecule has 3 aromatic carbocycles. The average molecular weight is 399 g/mol. The summed E-state index contributed by atoms with van der Waals surface area (Å²) >= 11 is 0. The highest BCUT2D eigenvalue weighted by atomic mass is 16.3. The molecule has 2 atom stereocenters. The van der Waals surface area contributed by atoms with E-state index in [1.165, 1.54) is 0 Å². The number of fused-ring (bicyclic) bond motifs is 2. The zero-order valence-corrected chi connectivity index (χ0v) is 16.9. The van der Waals surface area contributed by atoms with E-state index in [1.807, 2.05) is 42.5 Å². The number of anilines is 1. The Bertz CT molecular complexity index is 1130. The molecule has 1 aliphatic heterocycles. The molecule has 0 spiro atoms. The second kappa shape index (κ2) is 7.37. The molecule has 30 heavy (non-hydrogen) atoms. The molecule has 0 bridgehead atoms. The zero-order valence-electron chi connectivity index (χ0n) is 16.9. The van der Waals surface area contributed by atoms with Gasteiger partial charge in [0.1, 0.15) is 5.78 Å². The highest BCUT2D eigenvalue weighted by Crippen LogP contribution is 2.48. The molecule has 2 aliphatic rings. The molecule has 0 saturated heterocycles. The summed E-state index contributed by atoms with van der Waals surface area (Å²) in [6.45, 7) is 0.362. The van der Waals surface area contributed by atoms with Crippen LogP contribution in [0.4, 0.5) is 5.69 Å². The van der Waals surface area contributed by atoms with E-state index in [0.717, 1.165) is 35.6 Å². The van der Waals surface area contributed by atoms with Gasteiger partial charge in [0.05, 0.1) is 18.2 Å². The van der Waals surface area contributed by atoms with Crippen LogP contribution < -0.4 is 4.90 Å². The van der Waals surface area contributed by atoms with Gasteiger partial charge < -0.3 is 10.0 Å². The molecule has 0 aromatic heterocycles. The van der Waals surface area contributed by atoms with E-state index in [2.05, 4.69) is 18.2 Å². The minimum absolute atomic E-state index is 0.00478. The Balaban J connectivity index is 1.59. The van der Waals surface area contributed by atoms with Crippen LogP contribution in [-0.4, -0.2) is 16.8 Å². The Morgan fingerprint density at radius 1 is 0.900 bits per heavy atom. The third kappa shape index (κ3) is 2.86. The van der Waals surface area contributed by atoms with Crippen molar-refractivity contribution >= 4 is 28.2 Å². The minimum Gasteiger partial charge on any atom is -0.375 e. The number of Topliss-reactive ketones (excluding diaryl/α,β-unsaturated/α-hetero) is 1. The van der Waals surface area contributed by atoms with Crippen molar-refractivity contribution < 1.29 is 14.7 Å². The summed E-state index contributed by atoms with van der Waals surface area (Å²) in [5.41, 5.74) is 0.515. The molecule has 1 N–H and O–H groups in total. The molecule has 1 fully saturated rings. The van der Waals surface area contributed by atoms with Crippen molar-refractivity contribution in [3.05, 3.63) is 77.9 Å². The standard InChI is InChI=1S/C26H25NO3/c28-24-16-3-1-2-14-22(24)26(30)21-13-6-7-15-23(21)27(25(26)29)17-19-11-8-10-18-9-4-5-12-20(18)19/h4-13,15,22,30H,1-3,14,16-17H2/t22-,26+/m1/s1. The van der Waals surface area contributed by atoms with Crippen LogP contribution in [0.5, 0.6) is 0 Å². The van der Waals surface area contributed by atoms with Gasteiger partial charge in [-0.2, -0.15) is 0 Å². The second-order valence-electron chi connectivity index (χ2n) is 8.43. The summed E-state index contributed by atoms with van der Waals surface area (Å²) in [6.07, 6.45) is 3.65. The highest BCUT2D eigenvalue weighted by Gasteiger charge is 2.56. The predicted molar refractivity (Wildman–Crippen MR) is 117 cm³/mol. The molecule has 0 radical (unpaired) electrons. The van der Waals surface area contributed by atoms with Gasteiger partial charge in [0.2, 0.25) is 0 Å². The molecule has 152 valence electrons. The fourth-order valence-electron chi connectivity index (χ4n) is 5.16. The largest absolute Gasteiger partial charge is 0.375 e. The molecular formula is C26H25NO3. The maximum absolute atomic E-state index is 13.7. The number of para-hydroxylation sites is 1. The first-order valence-corrected chi connectivity index (χ1v) is 10.7. The van der Waals surface area contributed by atoms with E-state index >= 15 is 0 Å². The third-order valence-electron chi connectivity index (χ3n) is 6.69. The molecule has 4 nitrogen and oxygen atoms in total. The van der Waals surface area contributed by atoms with Gasteiger partial charge >= 0.3 is 0 Å². The van der Waals surface area contributed by atoms with Crippen LogP contribution in [0.2, 0.25) is 0 Å². The number of hydrogen-bond donors (Lipinski definition) is 1. The second-order valence-corrected chi connectivity index (χ2v) is 8.43. The number of aliphatic hydroxyl groups is 1. The summed E-state index contributed by atoms with van der Waals surface area (Å²) < 4.78 is 0. The van der Waals surface area contributed by atoms with Gasteiger partial charge in [0.25, 0.3) is 5.91 Å². The van der Waals surface area contributed by atoms with Crippen molar-refractivity contribution in [2.45, 2.75) is 44.2 Å². The maximum atomic E-state index is 13.7. The number of nitrogens with zero attached hydrogens (tertiary/aromatic N) is 1. The van der Waals surface area contributed by atoms with Gasteiger partial charge in [-0.1, -0.05) is 73.5 Å². The van der Waals surface area contributed by atoms with E-state index in [4.69, 9.17) is 0 Å². The summed E-state index contributed by atoms with van der Waals surface area (Å²) in [5, 5.41) is 14.0. The lowest BCUT2D eigenvalue weighted by molar-refractivity contribution is -0.150. The van der Waals surface area contributed by atoms with Crippen LogP contribution in [0.25, 0.3) is 10.8 Å². The summed E-state index contributed by atoms with van der Waals surface area (Å²) in [6, 6.07) is 21.5. The summed E-state index contributed by atoms with van der Waals surface area (Å²) in [4.78, 5) is 28.2. The van der Waals surface area contributed by atoms with Crippen molar-refractivity contribution in [1.82, 2.24) is 0 Å². The van der Waals surface area contributed by atoms with Crippen LogP contribution in [0, 0.1) is 5.92 Å². The molecule has 1 heterocycles. The van der Waals surface area contributed by atoms with E-state index in [0.29, 0.717) is 30.6 Å². The van der Waals surface area contributed by atoms with Crippen LogP contribution in [0.15, 0.2) is 66.7 Å². The SMILES string of the molecule is O=C1CCCCC[C@H]1[C@]1(O)C(=O)N(Cc2cccc3ccccc23)c2ccccc21. The van der Waals surface area contributed by atoms with Crippen molar-refractivity contribution in [1.29, 1.82) is 0 Å². The molecule has 1 aliphatic carbocycles. The quantitative estimate of drug-likeness (QED) is 0.648. The Kier molecular flexibility index (Phi) is 4.67. The van der Waals surface area contributed by atoms with Gasteiger partial charge in [-0.3, -0.25) is 9.59 Å². The molecule has 0 unspecified atom stereocenters. The number of rotatable bonds is 3. The average Bonchev–Trinajstić information content (AvgIpc) is 2.91. The summed E-state index contributed by atoms with van der Waals surface area (Å²) in [7, 11) is 0. The first kappa shape index (κ1) is 19.0. The lowest BCUT2D eigenvalue weighted by Crippen LogP contribution is -2.48. The van der Waals surface area contributed by atoms with Crippen LogP contribution in [0.1, 0.15) is 43.2 Å². The number of carbonyl (C=O) groups excluding carboxylic acids is 2. The van der Waals surface area contributed by atoms with E-state index < -0.39 is 11.5 Å². The monoisotopic (exact) mass is 399 g/mol. The molecule has 3 aromatic rings. The zero-order chi connectivity index (χ0) is 20.7. The van der Waals surface area contributed by atoms with Crippen molar-refractivity contribution in [3.63, 3.8) is 0 Å². The van der Waals surface area contributed by atoms with Gasteiger partial charge in [-0.05, 0) is 35.2 Å². The summed E-state index contributed by atoms with van der Waals surface area (Å²) in [5.74, 6) is -1.05. The molecule has 1 saturated carbocycles. The van der Waals surface area contributed by atoms with Crippen LogP contribution in [-0.2, 0) is 21.7 Å². The predicted octanol–water partition coefficient (Wildman–Crippen LogP) is 4.72. The minimum atomic E-state index is -1.78. The number of carbonyl (C=O) groups is 2. The highest BCUT2D eigenvalue weighted by molar-refractivity contribution is 6.09. The van der Waals surface area contributed by atoms with E-state index in [1.54, 1.807) is 11.0 Å². The smallest absolute Gasteiger partial charge is 0.264 e. The Labute approximate surface area is 176 Å². The third-order valence-corrected chi connectivity index (χ3v) is 6.69. The number of amides is 1. The molecular weight excluding hydrogens is 374 g/mol. The number of benzene rings is 3. The van der Waals surface area contributed by atoms with Gasteiger partial charge in [-0.25, -0.2) is 0 Å². The van der Waals surface area contributed by atoms with E-state index in [-0.39, 0.29) is 11.7 Å². The normalized spacial score (nSPS) is 24.2. The van der Waals surface area contributed by atoms with Crippen molar-refractivity contribution in [2.75, 3.05) is 4.90 Å². The fraction of sp³-hybridized carbons (Fsp3) is 0.308. The van der Waals surface area contributed by atoms with Crippen LogP contribution >= 0.6 is 0 Å². The topological polar surface area (TPSA) is 57.6 Å². The lowest BCUT2D eigenvalue weighted by atomic mass is 9.77. The van der Waals surface area contributed by atoms with Gasteiger partial charge in [0, 0.05) is 12.0 Å². The maximum Gasteiger partial charge on any atom is 0.264 e. The molecule has 5 rings (SSSR count). The Morgan fingerprint density at radius 2 is 1.67 bits per heavy atom. The number of hydrogen-bond acceptors (Lipinski definition) is 3. The Hall–Kier alpha value is -2.98. The molecule has 4 heteroatoms. The van der Waals surface area contributed by atoms with Gasteiger partial charge in [-0.15, -0.1) is 0 Å².